The molecule has 0 aliphatic carbocycles. The Bertz CT molecular complexity index is 3070. The van der Waals surface area contributed by atoms with Crippen molar-refractivity contribution in [3.63, 3.8) is 0 Å². The molecule has 6 aliphatic rings. The minimum Gasteiger partial charge on any atom is -0.378 e. The molecule has 438 valence electrons. The monoisotopic (exact) mass is 1120 g/mol. The number of nitrogens with one attached hydrogen (secondary N) is 4. The van der Waals surface area contributed by atoms with Crippen molar-refractivity contribution in [3.8, 4) is 0 Å². The van der Waals surface area contributed by atoms with Crippen molar-refractivity contribution in [1.29, 1.82) is 0 Å². The molecule has 23 nitrogen and oxygen atoms in total. The van der Waals surface area contributed by atoms with Crippen LogP contribution in [0.4, 0.5) is 23.8 Å². The topological polar surface area (TPSA) is 252 Å². The lowest BCUT2D eigenvalue weighted by Crippen LogP contribution is -2.39. The molecule has 6 aromatic rings. The molecule has 0 saturated carbocycles. The number of aryl methyl sites for hydroxylation is 1. The van der Waals surface area contributed by atoms with Crippen LogP contribution >= 0.6 is 0 Å². The van der Waals surface area contributed by atoms with Gasteiger partial charge in [0, 0.05) is 157 Å². The van der Waals surface area contributed by atoms with Crippen LogP contribution in [0, 0.1) is 0 Å². The second-order valence-electron chi connectivity index (χ2n) is 22.3. The highest BCUT2D eigenvalue weighted by Gasteiger charge is 2.27. The normalized spacial score (nSPS) is 19.1. The van der Waals surface area contributed by atoms with Gasteiger partial charge in [0.1, 0.15) is 5.82 Å². The zero-order valence-electron chi connectivity index (χ0n) is 47.9. The summed E-state index contributed by atoms with van der Waals surface area (Å²) in [4.78, 5) is 94.9. The first kappa shape index (κ1) is 58.2. The van der Waals surface area contributed by atoms with Gasteiger partial charge in [0.2, 0.25) is 23.8 Å². The van der Waals surface area contributed by atoms with Gasteiger partial charge < -0.3 is 29.5 Å². The molecule has 6 saturated heterocycles. The van der Waals surface area contributed by atoms with E-state index < -0.39 is 0 Å². The van der Waals surface area contributed by atoms with Gasteiger partial charge >= 0.3 is 0 Å². The third-order valence-corrected chi connectivity index (χ3v) is 16.4. The quantitative estimate of drug-likeness (QED) is 0.109. The molecule has 23 heteroatoms. The average molecular weight is 1120 g/mol. The van der Waals surface area contributed by atoms with Crippen LogP contribution in [0.2, 0.25) is 0 Å². The molecule has 0 bridgehead atoms. The van der Waals surface area contributed by atoms with Gasteiger partial charge in [-0.25, -0.2) is 34.9 Å². The Balaban J connectivity index is 0.000000138. The van der Waals surface area contributed by atoms with Crippen molar-refractivity contribution >= 4 is 23.8 Å². The Kier molecular flexibility index (Phi) is 20.8. The van der Waals surface area contributed by atoms with E-state index in [2.05, 4.69) is 87.6 Å². The van der Waals surface area contributed by atoms with Gasteiger partial charge in [0.25, 0.3) is 16.7 Å². The van der Waals surface area contributed by atoms with Gasteiger partial charge in [-0.3, -0.25) is 49.0 Å². The molecule has 0 aromatic carbocycles. The number of piperidine rings is 3. The number of anilines is 4. The summed E-state index contributed by atoms with van der Waals surface area (Å²) in [5.74, 6) is 4.72. The minimum absolute atomic E-state index is 0.0234. The van der Waals surface area contributed by atoms with Crippen molar-refractivity contribution in [2.24, 2.45) is 0 Å². The molecule has 6 aromatic heterocycles. The molecule has 0 radical (unpaired) electrons. The van der Waals surface area contributed by atoms with Crippen molar-refractivity contribution < 1.29 is 9.47 Å². The third kappa shape index (κ3) is 16.6. The zero-order chi connectivity index (χ0) is 56.5. The largest absolute Gasteiger partial charge is 0.378 e. The first-order valence-corrected chi connectivity index (χ1v) is 29.8. The van der Waals surface area contributed by atoms with E-state index in [0.29, 0.717) is 62.0 Å². The molecule has 6 aliphatic heterocycles. The molecule has 0 atom stereocenters. The molecule has 82 heavy (non-hydrogen) atoms. The van der Waals surface area contributed by atoms with Gasteiger partial charge in [-0.05, 0) is 109 Å². The Hall–Kier alpha value is -7.05. The van der Waals surface area contributed by atoms with Crippen LogP contribution < -0.4 is 36.7 Å². The summed E-state index contributed by atoms with van der Waals surface area (Å²) in [6.45, 7) is 18.5. The van der Waals surface area contributed by atoms with Crippen molar-refractivity contribution in [1.82, 2.24) is 69.5 Å². The summed E-state index contributed by atoms with van der Waals surface area (Å²) in [5, 5.41) is 2.93. The highest BCUT2D eigenvalue weighted by atomic mass is 16.5. The maximum atomic E-state index is 12.2. The maximum absolute atomic E-state index is 12.2. The van der Waals surface area contributed by atoms with E-state index in [9.17, 15) is 14.4 Å². The average Bonchev–Trinajstić information content (AvgIpc) is 4.22. The van der Waals surface area contributed by atoms with E-state index in [1.165, 1.54) is 18.4 Å². The number of H-pyrrole nitrogens is 3. The van der Waals surface area contributed by atoms with Crippen LogP contribution in [0.1, 0.15) is 122 Å². The Morgan fingerprint density at radius 3 is 1.28 bits per heavy atom. The predicted octanol–water partition coefficient (Wildman–Crippen LogP) is 4.69. The second-order valence-corrected chi connectivity index (χ2v) is 22.3. The number of hydrogen-bond acceptors (Lipinski definition) is 20. The number of ether oxygens (including phenoxy) is 2. The molecule has 4 N–H and O–H groups in total. The maximum Gasteiger partial charge on any atom is 0.252 e. The number of pyridine rings is 1. The Labute approximate surface area is 479 Å². The lowest BCUT2D eigenvalue weighted by molar-refractivity contribution is 0.122. The van der Waals surface area contributed by atoms with Gasteiger partial charge in [0.05, 0.1) is 43.5 Å². The summed E-state index contributed by atoms with van der Waals surface area (Å²) in [6.07, 6.45) is 21.9. The summed E-state index contributed by atoms with van der Waals surface area (Å²) < 4.78 is 10.8. The van der Waals surface area contributed by atoms with E-state index in [1.807, 2.05) is 50.3 Å². The molecule has 0 spiro atoms. The van der Waals surface area contributed by atoms with E-state index in [1.54, 1.807) is 18.2 Å². The van der Waals surface area contributed by atoms with Crippen LogP contribution in [0.5, 0.6) is 0 Å². The highest BCUT2D eigenvalue weighted by Crippen LogP contribution is 2.31. The fourth-order valence-electron chi connectivity index (χ4n) is 11.8. The summed E-state index contributed by atoms with van der Waals surface area (Å²) in [7, 11) is 1.81. The SMILES string of the molecule is CCCc1ncc(CN2CCC(c3cc(=O)[nH]c(N4CCOCC4)n3)CC2)cn1.CNc1ncc(CN2CCC(c3cc(=O)[nH]c(N4CCOCC4)n3)CC2)cn1.O=c1cc(C2CCN(Cc3cccnc3)CC2)nc(N2CCCC2)[nH]1. The lowest BCUT2D eigenvalue weighted by atomic mass is 9.93. The van der Waals surface area contributed by atoms with Crippen LogP contribution in [0.15, 0.2) is 81.9 Å². The molecular formula is C59H82N18O5. The number of hydrogen-bond donors (Lipinski definition) is 4. The summed E-state index contributed by atoms with van der Waals surface area (Å²) in [6, 6.07) is 9.14. The molecule has 0 unspecified atom stereocenters. The molecule has 6 fully saturated rings. The number of likely N-dealkylation sites (tertiary alicyclic amines) is 3. The first-order valence-electron chi connectivity index (χ1n) is 29.8. The van der Waals surface area contributed by atoms with Gasteiger partial charge in [-0.15, -0.1) is 0 Å². The van der Waals surface area contributed by atoms with E-state index in [0.717, 1.165) is 190 Å². The number of morpholine rings is 2. The van der Waals surface area contributed by atoms with Gasteiger partial charge in [0.15, 0.2) is 0 Å². The van der Waals surface area contributed by atoms with Crippen LogP contribution in [-0.2, 0) is 35.5 Å². The fourth-order valence-corrected chi connectivity index (χ4v) is 11.8. The summed E-state index contributed by atoms with van der Waals surface area (Å²) >= 11 is 0. The summed E-state index contributed by atoms with van der Waals surface area (Å²) in [5.41, 5.74) is 6.16. The number of aromatic amines is 3. The lowest BCUT2D eigenvalue weighted by Gasteiger charge is -2.32. The highest BCUT2D eigenvalue weighted by molar-refractivity contribution is 5.34. The van der Waals surface area contributed by atoms with Gasteiger partial charge in [-0.2, -0.15) is 0 Å². The Morgan fingerprint density at radius 1 is 0.512 bits per heavy atom. The predicted molar refractivity (Wildman–Crippen MR) is 316 cm³/mol. The number of nitrogens with zero attached hydrogens (tertiary/aromatic N) is 14. The number of aromatic nitrogens is 11. The molecular weight excluding hydrogens is 1040 g/mol. The van der Waals surface area contributed by atoms with Gasteiger partial charge in [-0.1, -0.05) is 13.0 Å². The smallest absolute Gasteiger partial charge is 0.252 e. The fraction of sp³-hybridized carbons (Fsp3) is 0.576. The standard InChI is InChI=1S/C21H30N6O2.C19H27N7O2.C19H25N5O/c1-2-3-19-22-13-16(14-23-19)15-26-6-4-17(5-7-26)18-12-20(28)25-21(24-18)27-8-10-29-11-9-27;1-20-18-21-11-14(12-22-18)13-25-4-2-15(3-5-25)16-10-17(27)24-19(23-16)26-6-8-28-9-7-26;25-18-12-17(21-19(22-18)24-8-1-2-9-24)16-5-10-23(11-6-16)14-15-4-3-7-20-13-15/h12-14,17H,2-11,15H2,1H3,(H,24,25,28);10-12,15H,2-9,13H2,1H3,(H,20,21,22)(H,23,24,27);3-4,7,12-13,16H,1-2,5-6,8-11,14H2,(H,21,22,25). The van der Waals surface area contributed by atoms with E-state index in [4.69, 9.17) is 24.4 Å². The molecule has 12 heterocycles. The van der Waals surface area contributed by atoms with Crippen molar-refractivity contribution in [3.05, 3.63) is 138 Å². The van der Waals surface area contributed by atoms with Crippen LogP contribution in [0.3, 0.4) is 0 Å². The van der Waals surface area contributed by atoms with Crippen molar-refractivity contribution in [2.75, 3.05) is 132 Å². The first-order chi connectivity index (χ1) is 40.2. The van der Waals surface area contributed by atoms with E-state index in [-0.39, 0.29) is 16.7 Å². The Morgan fingerprint density at radius 2 is 0.902 bits per heavy atom. The number of rotatable bonds is 15. The third-order valence-electron chi connectivity index (χ3n) is 16.4. The van der Waals surface area contributed by atoms with Crippen molar-refractivity contribution in [2.45, 2.75) is 109 Å². The van der Waals surface area contributed by atoms with Crippen LogP contribution in [0.25, 0.3) is 0 Å². The minimum atomic E-state index is -0.0734. The second kappa shape index (κ2) is 29.3. The zero-order valence-corrected chi connectivity index (χ0v) is 47.9. The van der Waals surface area contributed by atoms with Crippen LogP contribution in [-0.4, -0.2) is 182 Å². The van der Waals surface area contributed by atoms with E-state index >= 15 is 0 Å². The molecule has 0 amide bonds. The molecule has 12 rings (SSSR count).